The van der Waals surface area contributed by atoms with E-state index in [0.29, 0.717) is 0 Å². The highest BCUT2D eigenvalue weighted by atomic mass is 32.2. The Labute approximate surface area is 112 Å². The van der Waals surface area contributed by atoms with Crippen LogP contribution in [0.25, 0.3) is 0 Å². The molecule has 9 heteroatoms. The van der Waals surface area contributed by atoms with Crippen molar-refractivity contribution in [1.29, 1.82) is 0 Å². The molecule has 1 aromatic carbocycles. The first-order chi connectivity index (χ1) is 9.09. The van der Waals surface area contributed by atoms with Crippen molar-refractivity contribution in [3.8, 4) is 0 Å². The third-order valence-corrected chi connectivity index (χ3v) is 4.31. The van der Waals surface area contributed by atoms with Gasteiger partial charge in [-0.25, -0.2) is 30.4 Å². The van der Waals surface area contributed by atoms with Gasteiger partial charge in [0.15, 0.2) is 33.1 Å². The van der Waals surface area contributed by atoms with E-state index in [0.717, 1.165) is 0 Å². The molecule has 0 aliphatic rings. The molecule has 1 rings (SSSR count). The summed E-state index contributed by atoms with van der Waals surface area (Å²) in [5.41, 5.74) is 0. The Hall–Kier alpha value is -1.22. The molecule has 0 heterocycles. The molecule has 0 radical (unpaired) electrons. The number of sulfone groups is 1. The predicted molar refractivity (Wildman–Crippen MR) is 61.5 cm³/mol. The minimum atomic E-state index is -4.60. The minimum Gasteiger partial charge on any atom is -0.309 e. The fourth-order valence-corrected chi connectivity index (χ4v) is 2.97. The summed E-state index contributed by atoms with van der Waals surface area (Å²) in [5, 5.41) is 0. The predicted octanol–water partition coefficient (Wildman–Crippen LogP) is 2.11. The first-order valence-corrected chi connectivity index (χ1v) is 7.13. The van der Waals surface area contributed by atoms with Crippen LogP contribution in [0.4, 0.5) is 22.0 Å². The lowest BCUT2D eigenvalue weighted by Crippen LogP contribution is -2.20. The van der Waals surface area contributed by atoms with Gasteiger partial charge in [-0.1, -0.05) is 0 Å². The molecule has 0 aliphatic carbocycles. The van der Waals surface area contributed by atoms with Gasteiger partial charge < -0.3 is 4.90 Å². The van der Waals surface area contributed by atoms with E-state index in [4.69, 9.17) is 0 Å². The summed E-state index contributed by atoms with van der Waals surface area (Å²) in [6, 6.07) is 0. The largest absolute Gasteiger partial charge is 0.309 e. The van der Waals surface area contributed by atoms with E-state index in [1.54, 1.807) is 19.0 Å². The fraction of sp³-hybridized carbons (Fsp3) is 0.455. The molecule has 0 atom stereocenters. The topological polar surface area (TPSA) is 37.4 Å². The van der Waals surface area contributed by atoms with Crippen LogP contribution < -0.4 is 0 Å². The van der Waals surface area contributed by atoms with Crippen LogP contribution in [0.15, 0.2) is 4.90 Å². The zero-order valence-corrected chi connectivity index (χ0v) is 11.5. The molecular weight excluding hydrogens is 305 g/mol. The van der Waals surface area contributed by atoms with Crippen LogP contribution in [-0.2, 0) is 9.84 Å². The summed E-state index contributed by atoms with van der Waals surface area (Å²) >= 11 is 0. The summed E-state index contributed by atoms with van der Waals surface area (Å²) in [6.45, 7) is 0.286. The van der Waals surface area contributed by atoms with Crippen molar-refractivity contribution in [2.75, 3.05) is 26.4 Å². The smallest absolute Gasteiger partial charge is 0.200 e. The normalized spacial score (nSPS) is 12.2. The maximum atomic E-state index is 13.4. The molecule has 0 unspecified atom stereocenters. The van der Waals surface area contributed by atoms with E-state index >= 15 is 0 Å². The van der Waals surface area contributed by atoms with E-state index in [1.807, 2.05) is 0 Å². The molecule has 0 amide bonds. The second kappa shape index (κ2) is 6.04. The quantitative estimate of drug-likeness (QED) is 0.361. The van der Waals surface area contributed by atoms with Crippen molar-refractivity contribution in [3.63, 3.8) is 0 Å². The van der Waals surface area contributed by atoms with E-state index < -0.39 is 49.6 Å². The monoisotopic (exact) mass is 317 g/mol. The highest BCUT2D eigenvalue weighted by Crippen LogP contribution is 2.27. The van der Waals surface area contributed by atoms with Crippen LogP contribution in [0.3, 0.4) is 0 Å². The second-order valence-electron chi connectivity index (χ2n) is 4.37. The lowest BCUT2D eigenvalue weighted by molar-refractivity contribution is 0.357. The number of halogens is 5. The first kappa shape index (κ1) is 16.8. The van der Waals surface area contributed by atoms with Crippen molar-refractivity contribution in [3.05, 3.63) is 29.1 Å². The molecule has 20 heavy (non-hydrogen) atoms. The van der Waals surface area contributed by atoms with Crippen LogP contribution in [0.2, 0.25) is 0 Å². The number of rotatable bonds is 5. The number of hydrogen-bond acceptors (Lipinski definition) is 3. The summed E-state index contributed by atoms with van der Waals surface area (Å²) in [5.74, 6) is -12.3. The molecule has 0 spiro atoms. The van der Waals surface area contributed by atoms with E-state index in [-0.39, 0.29) is 13.0 Å². The van der Waals surface area contributed by atoms with Gasteiger partial charge in [0.2, 0.25) is 5.82 Å². The highest BCUT2D eigenvalue weighted by Gasteiger charge is 2.33. The Balaban J connectivity index is 3.26. The molecule has 1 aromatic rings. The van der Waals surface area contributed by atoms with Crippen molar-refractivity contribution in [2.45, 2.75) is 11.3 Å². The number of hydrogen-bond donors (Lipinski definition) is 0. The van der Waals surface area contributed by atoms with Gasteiger partial charge in [-0.05, 0) is 27.1 Å². The Morgan fingerprint density at radius 1 is 0.850 bits per heavy atom. The maximum Gasteiger partial charge on any atom is 0.200 e. The summed E-state index contributed by atoms with van der Waals surface area (Å²) in [7, 11) is -1.31. The highest BCUT2D eigenvalue weighted by molar-refractivity contribution is 7.91. The molecule has 0 fully saturated rings. The van der Waals surface area contributed by atoms with Crippen molar-refractivity contribution in [2.24, 2.45) is 0 Å². The van der Waals surface area contributed by atoms with Gasteiger partial charge in [0.25, 0.3) is 0 Å². The Morgan fingerprint density at radius 2 is 1.25 bits per heavy atom. The van der Waals surface area contributed by atoms with E-state index in [2.05, 4.69) is 0 Å². The average molecular weight is 317 g/mol. The van der Waals surface area contributed by atoms with Crippen LogP contribution in [0.5, 0.6) is 0 Å². The SMILES string of the molecule is CN(C)CCCS(=O)(=O)c1c(F)c(F)c(F)c(F)c1F. The third-order valence-electron chi connectivity index (χ3n) is 2.50. The summed E-state index contributed by atoms with van der Waals surface area (Å²) < 4.78 is 88.9. The second-order valence-corrected chi connectivity index (χ2v) is 6.42. The summed E-state index contributed by atoms with van der Waals surface area (Å²) in [6.07, 6.45) is -0.00513. The molecular formula is C11H12F5NO2S. The van der Waals surface area contributed by atoms with Gasteiger partial charge in [0.1, 0.15) is 4.90 Å². The van der Waals surface area contributed by atoms with E-state index in [1.165, 1.54) is 0 Å². The molecule has 0 aliphatic heterocycles. The van der Waals surface area contributed by atoms with Gasteiger partial charge in [-0.2, -0.15) is 0 Å². The summed E-state index contributed by atoms with van der Waals surface area (Å²) in [4.78, 5) is -0.152. The molecule has 0 saturated heterocycles. The lowest BCUT2D eigenvalue weighted by Gasteiger charge is -2.11. The van der Waals surface area contributed by atoms with Crippen LogP contribution in [0, 0.1) is 29.1 Å². The van der Waals surface area contributed by atoms with Gasteiger partial charge in [0.05, 0.1) is 5.75 Å². The third kappa shape index (κ3) is 3.26. The molecule has 114 valence electrons. The standard InChI is InChI=1S/C11H12F5NO2S/c1-17(2)4-3-5-20(18,19)11-9(15)7(13)6(12)8(14)10(11)16/h3-5H2,1-2H3. The zero-order valence-electron chi connectivity index (χ0n) is 10.7. The number of nitrogens with zero attached hydrogens (tertiary/aromatic N) is 1. The van der Waals surface area contributed by atoms with Crippen LogP contribution in [0.1, 0.15) is 6.42 Å². The maximum absolute atomic E-state index is 13.4. The van der Waals surface area contributed by atoms with Crippen molar-refractivity contribution in [1.82, 2.24) is 4.90 Å². The lowest BCUT2D eigenvalue weighted by atomic mass is 10.3. The zero-order chi connectivity index (χ0) is 15.7. The van der Waals surface area contributed by atoms with Gasteiger partial charge in [-0.15, -0.1) is 0 Å². The van der Waals surface area contributed by atoms with Crippen LogP contribution in [-0.4, -0.2) is 39.7 Å². The number of benzene rings is 1. The average Bonchev–Trinajstić information content (AvgIpc) is 2.33. The molecule has 0 N–H and O–H groups in total. The Kier molecular flexibility index (Phi) is 5.09. The fourth-order valence-electron chi connectivity index (χ4n) is 1.53. The van der Waals surface area contributed by atoms with Gasteiger partial charge in [-0.3, -0.25) is 0 Å². The van der Waals surface area contributed by atoms with Crippen molar-refractivity contribution >= 4 is 9.84 Å². The first-order valence-electron chi connectivity index (χ1n) is 5.48. The molecule has 0 saturated carbocycles. The van der Waals surface area contributed by atoms with Gasteiger partial charge >= 0.3 is 0 Å². The Bertz CT molecular complexity index is 587. The van der Waals surface area contributed by atoms with Gasteiger partial charge in [0, 0.05) is 0 Å². The molecule has 0 aromatic heterocycles. The minimum absolute atomic E-state index is 0.00513. The molecule has 3 nitrogen and oxygen atoms in total. The van der Waals surface area contributed by atoms with Crippen molar-refractivity contribution < 1.29 is 30.4 Å². The molecule has 0 bridgehead atoms. The van der Waals surface area contributed by atoms with E-state index in [9.17, 15) is 30.4 Å². The Morgan fingerprint density at radius 3 is 1.65 bits per heavy atom. The van der Waals surface area contributed by atoms with Crippen LogP contribution >= 0.6 is 0 Å².